The number of nitrogens with zero attached hydrogens (tertiary/aromatic N) is 3. The van der Waals surface area contributed by atoms with Crippen LogP contribution in [-0.2, 0) is 4.79 Å². The number of carbonyl (C=O) groups excluding carboxylic acids is 1. The summed E-state index contributed by atoms with van der Waals surface area (Å²) in [5.74, 6) is -0.220. The first-order valence-corrected chi connectivity index (χ1v) is 9.55. The van der Waals surface area contributed by atoms with Gasteiger partial charge in [0.25, 0.3) is 5.69 Å². The first-order valence-electron chi connectivity index (χ1n) is 7.74. The van der Waals surface area contributed by atoms with E-state index < -0.39 is 4.92 Å². The summed E-state index contributed by atoms with van der Waals surface area (Å²) in [5.41, 5.74) is 0.841. The number of aromatic nitrogens is 2. The summed E-state index contributed by atoms with van der Waals surface area (Å²) in [7, 11) is 0. The molecule has 0 unspecified atom stereocenters. The Morgan fingerprint density at radius 3 is 2.92 bits per heavy atom. The first-order chi connectivity index (χ1) is 12.0. The lowest BCUT2D eigenvalue weighted by Crippen LogP contribution is -2.15. The Bertz CT molecular complexity index is 751. The molecule has 0 atom stereocenters. The average molecular weight is 381 g/mol. The molecule has 25 heavy (non-hydrogen) atoms. The number of rotatable bonds is 9. The van der Waals surface area contributed by atoms with Crippen molar-refractivity contribution in [3.63, 3.8) is 0 Å². The molecule has 10 heteroatoms. The third kappa shape index (κ3) is 5.98. The summed E-state index contributed by atoms with van der Waals surface area (Å²) >= 11 is 2.63. The summed E-state index contributed by atoms with van der Waals surface area (Å²) in [4.78, 5) is 22.6. The number of hydrogen-bond acceptors (Lipinski definition) is 8. The lowest BCUT2D eigenvalue weighted by molar-refractivity contribution is -0.384. The minimum atomic E-state index is -0.505. The van der Waals surface area contributed by atoms with Crippen molar-refractivity contribution >= 4 is 45.5 Å². The van der Waals surface area contributed by atoms with Gasteiger partial charge in [-0.25, -0.2) is 0 Å². The Hall–Kier alpha value is -2.20. The number of carbonyl (C=O) groups is 1. The van der Waals surface area contributed by atoms with Crippen molar-refractivity contribution in [3.05, 3.63) is 33.9 Å². The summed E-state index contributed by atoms with van der Waals surface area (Å²) < 4.78 is 0.674. The van der Waals surface area contributed by atoms with Gasteiger partial charge in [0, 0.05) is 12.6 Å². The molecule has 0 spiro atoms. The zero-order valence-electron chi connectivity index (χ0n) is 13.9. The van der Waals surface area contributed by atoms with Gasteiger partial charge in [0.15, 0.2) is 4.34 Å². The molecule has 1 aromatic heterocycles. The van der Waals surface area contributed by atoms with Gasteiger partial charge in [-0.3, -0.25) is 14.9 Å². The van der Waals surface area contributed by atoms with Gasteiger partial charge in [-0.05, 0) is 25.0 Å². The van der Waals surface area contributed by atoms with Gasteiger partial charge in [-0.2, -0.15) is 0 Å². The number of nitrogens with one attached hydrogen (secondary N) is 2. The molecule has 0 radical (unpaired) electrons. The lowest BCUT2D eigenvalue weighted by atomic mass is 10.2. The van der Waals surface area contributed by atoms with Crippen LogP contribution in [0.3, 0.4) is 0 Å². The predicted molar refractivity (Wildman–Crippen MR) is 100 cm³/mol. The van der Waals surface area contributed by atoms with E-state index in [-0.39, 0.29) is 23.0 Å². The van der Waals surface area contributed by atoms with Gasteiger partial charge >= 0.3 is 0 Å². The maximum Gasteiger partial charge on any atom is 0.293 e. The van der Waals surface area contributed by atoms with Crippen LogP contribution in [0.25, 0.3) is 0 Å². The van der Waals surface area contributed by atoms with E-state index in [4.69, 9.17) is 0 Å². The summed E-state index contributed by atoms with van der Waals surface area (Å²) in [5, 5.41) is 25.6. The molecule has 8 nitrogen and oxygen atoms in total. The van der Waals surface area contributed by atoms with E-state index >= 15 is 0 Å². The van der Waals surface area contributed by atoms with E-state index in [1.54, 1.807) is 13.0 Å². The van der Waals surface area contributed by atoms with Crippen molar-refractivity contribution in [2.75, 3.05) is 22.9 Å². The van der Waals surface area contributed by atoms with Crippen molar-refractivity contribution in [2.24, 2.45) is 0 Å². The zero-order chi connectivity index (χ0) is 18.2. The number of benzene rings is 1. The van der Waals surface area contributed by atoms with Crippen LogP contribution in [0.1, 0.15) is 25.3 Å². The first kappa shape index (κ1) is 19.1. The second-order valence-corrected chi connectivity index (χ2v) is 7.47. The van der Waals surface area contributed by atoms with Crippen LogP contribution in [0.4, 0.5) is 16.5 Å². The Balaban J connectivity index is 1.88. The average Bonchev–Trinajstić information content (AvgIpc) is 3.02. The molecule has 0 aliphatic carbocycles. The largest absolute Gasteiger partial charge is 0.360 e. The highest BCUT2D eigenvalue weighted by molar-refractivity contribution is 8.01. The molecule has 0 fully saturated rings. The van der Waals surface area contributed by atoms with Gasteiger partial charge in [0.05, 0.1) is 10.7 Å². The van der Waals surface area contributed by atoms with E-state index in [9.17, 15) is 14.9 Å². The van der Waals surface area contributed by atoms with Crippen LogP contribution < -0.4 is 10.6 Å². The van der Waals surface area contributed by atoms with Crippen LogP contribution in [0.5, 0.6) is 0 Å². The fourth-order valence-corrected chi connectivity index (χ4v) is 3.50. The molecule has 1 aromatic carbocycles. The smallest absolute Gasteiger partial charge is 0.293 e. The predicted octanol–water partition coefficient (Wildman–Crippen LogP) is 3.70. The van der Waals surface area contributed by atoms with Crippen molar-refractivity contribution < 1.29 is 9.72 Å². The highest BCUT2D eigenvalue weighted by Crippen LogP contribution is 2.27. The number of hydrogen-bond donors (Lipinski definition) is 2. The molecule has 2 rings (SSSR count). The zero-order valence-corrected chi connectivity index (χ0v) is 15.6. The maximum absolute atomic E-state index is 12.0. The second kappa shape index (κ2) is 9.33. The van der Waals surface area contributed by atoms with Gasteiger partial charge in [-0.15, -0.1) is 10.2 Å². The summed E-state index contributed by atoms with van der Waals surface area (Å²) in [6.07, 6.45) is 2.15. The van der Waals surface area contributed by atoms with E-state index in [1.165, 1.54) is 35.2 Å². The SMILES string of the molecule is CCCCNc1nnc(SCC(=O)Nc2ccc(C)cc2[N+](=O)[O-])s1. The molecule has 0 bridgehead atoms. The van der Waals surface area contributed by atoms with Gasteiger partial charge in [0.2, 0.25) is 11.0 Å². The molecule has 2 aromatic rings. The number of aryl methyl sites for hydroxylation is 1. The lowest BCUT2D eigenvalue weighted by Gasteiger charge is -2.05. The van der Waals surface area contributed by atoms with Gasteiger partial charge in [-0.1, -0.05) is 42.5 Å². The fraction of sp³-hybridized carbons (Fsp3) is 0.400. The molecule has 134 valence electrons. The Morgan fingerprint density at radius 1 is 1.40 bits per heavy atom. The molecule has 1 heterocycles. The quantitative estimate of drug-likeness (QED) is 0.295. The number of anilines is 2. The van der Waals surface area contributed by atoms with E-state index in [1.807, 2.05) is 0 Å². The van der Waals surface area contributed by atoms with Gasteiger partial charge in [0.1, 0.15) is 5.69 Å². The van der Waals surface area contributed by atoms with Crippen LogP contribution in [-0.4, -0.2) is 33.3 Å². The van der Waals surface area contributed by atoms with Gasteiger partial charge < -0.3 is 10.6 Å². The number of unbranched alkanes of at least 4 members (excludes halogenated alkanes) is 1. The number of thioether (sulfide) groups is 1. The number of amides is 1. The Morgan fingerprint density at radius 2 is 2.20 bits per heavy atom. The number of nitro benzene ring substituents is 1. The molecule has 1 amide bonds. The summed E-state index contributed by atoms with van der Waals surface area (Å²) in [6.45, 7) is 4.71. The Kier molecular flexibility index (Phi) is 7.14. The van der Waals surface area contributed by atoms with E-state index in [2.05, 4.69) is 27.8 Å². The highest BCUT2D eigenvalue weighted by atomic mass is 32.2. The third-order valence-electron chi connectivity index (χ3n) is 3.16. The maximum atomic E-state index is 12.0. The highest BCUT2D eigenvalue weighted by Gasteiger charge is 2.16. The minimum absolute atomic E-state index is 0.106. The van der Waals surface area contributed by atoms with Crippen molar-refractivity contribution in [1.82, 2.24) is 10.2 Å². The van der Waals surface area contributed by atoms with Crippen LogP contribution in [0.15, 0.2) is 22.5 Å². The fourth-order valence-electron chi connectivity index (χ4n) is 1.92. The van der Waals surface area contributed by atoms with Crippen LogP contribution in [0, 0.1) is 17.0 Å². The normalized spacial score (nSPS) is 10.5. The molecule has 0 aliphatic heterocycles. The molecule has 2 N–H and O–H groups in total. The van der Waals surface area contributed by atoms with Crippen molar-refractivity contribution in [1.29, 1.82) is 0 Å². The van der Waals surface area contributed by atoms with E-state index in [0.717, 1.165) is 30.1 Å². The monoisotopic (exact) mass is 381 g/mol. The second-order valence-electron chi connectivity index (χ2n) is 5.27. The molecular weight excluding hydrogens is 362 g/mol. The Labute approximate surface area is 153 Å². The minimum Gasteiger partial charge on any atom is -0.360 e. The van der Waals surface area contributed by atoms with E-state index in [0.29, 0.717) is 4.34 Å². The number of nitro groups is 1. The molecule has 0 saturated heterocycles. The molecular formula is C15H19N5O3S2. The van der Waals surface area contributed by atoms with Crippen molar-refractivity contribution in [2.45, 2.75) is 31.0 Å². The third-order valence-corrected chi connectivity index (χ3v) is 5.18. The van der Waals surface area contributed by atoms with Crippen LogP contribution in [0.2, 0.25) is 0 Å². The summed E-state index contributed by atoms with van der Waals surface area (Å²) in [6, 6.07) is 4.69. The van der Waals surface area contributed by atoms with Crippen LogP contribution >= 0.6 is 23.1 Å². The standard InChI is InChI=1S/C15H19N5O3S2/c1-3-4-7-16-14-18-19-15(25-14)24-9-13(21)17-11-6-5-10(2)8-12(11)20(22)23/h5-6,8H,3-4,7,9H2,1-2H3,(H,16,18)(H,17,21). The molecule has 0 aliphatic rings. The van der Waals surface area contributed by atoms with Crippen molar-refractivity contribution in [3.8, 4) is 0 Å². The topological polar surface area (TPSA) is 110 Å². The molecule has 0 saturated carbocycles.